The molecule has 0 spiro atoms. The molecule has 13 heavy (non-hydrogen) atoms. The summed E-state index contributed by atoms with van der Waals surface area (Å²) in [6, 6.07) is -0.532. The van der Waals surface area contributed by atoms with Crippen molar-refractivity contribution in [3.63, 3.8) is 0 Å². The molecule has 78 valence electrons. The molecule has 0 aromatic heterocycles. The Morgan fingerprint density at radius 2 is 2.15 bits per heavy atom. The molecule has 0 aliphatic rings. The molecule has 0 aromatic carbocycles. The molecule has 0 rings (SSSR count). The van der Waals surface area contributed by atoms with Gasteiger partial charge in [-0.1, -0.05) is 0 Å². The second-order valence-electron chi connectivity index (χ2n) is 2.89. The number of aliphatic hydroxyl groups excluding tert-OH is 1. The summed E-state index contributed by atoms with van der Waals surface area (Å²) in [4.78, 5) is 10.1. The zero-order valence-corrected chi connectivity index (χ0v) is 7.26. The Morgan fingerprint density at radius 1 is 1.62 bits per heavy atom. The maximum Gasteiger partial charge on any atom is 0.304 e. The first-order chi connectivity index (χ1) is 5.87. The Kier molecular flexibility index (Phi) is 4.79. The minimum atomic E-state index is -3.19. The Balaban J connectivity index is 3.69. The van der Waals surface area contributed by atoms with E-state index in [1.54, 1.807) is 0 Å². The number of carboxylic acid groups (broad SMARTS) is 1. The van der Waals surface area contributed by atoms with Gasteiger partial charge < -0.3 is 15.5 Å². The van der Waals surface area contributed by atoms with Crippen LogP contribution in [0.1, 0.15) is 13.3 Å². The summed E-state index contributed by atoms with van der Waals surface area (Å²) in [5.74, 6) is -4.24. The first kappa shape index (κ1) is 12.2. The lowest BCUT2D eigenvalue weighted by Gasteiger charge is -2.17. The van der Waals surface area contributed by atoms with Crippen LogP contribution >= 0.6 is 0 Å². The number of hydrogen-bond acceptors (Lipinski definition) is 3. The van der Waals surface area contributed by atoms with Gasteiger partial charge in [-0.05, 0) is 6.92 Å². The molecular weight excluding hydrogens is 184 g/mol. The summed E-state index contributed by atoms with van der Waals surface area (Å²) in [7, 11) is 0. The first-order valence-electron chi connectivity index (χ1n) is 3.81. The number of nitrogens with one attached hydrogen (secondary N) is 1. The maximum atomic E-state index is 12.4. The average Bonchev–Trinajstić information content (AvgIpc) is 2.00. The summed E-state index contributed by atoms with van der Waals surface area (Å²) in [6.07, 6.45) is -0.221. The fourth-order valence-electron chi connectivity index (χ4n) is 0.714. The van der Waals surface area contributed by atoms with Gasteiger partial charge in [-0.15, -0.1) is 0 Å². The SMILES string of the molecule is CC(CC(=O)O)NCC(F)(F)CO. The minimum absolute atomic E-state index is 0.221. The lowest BCUT2D eigenvalue weighted by atomic mass is 10.2. The van der Waals surface area contributed by atoms with Crippen LogP contribution in [0.4, 0.5) is 8.78 Å². The van der Waals surface area contributed by atoms with E-state index < -0.39 is 31.1 Å². The largest absolute Gasteiger partial charge is 0.481 e. The van der Waals surface area contributed by atoms with E-state index in [1.807, 2.05) is 0 Å². The molecular formula is C7H13F2NO3. The van der Waals surface area contributed by atoms with Gasteiger partial charge in [0.1, 0.15) is 6.61 Å². The van der Waals surface area contributed by atoms with Gasteiger partial charge in [0.15, 0.2) is 0 Å². The summed E-state index contributed by atoms with van der Waals surface area (Å²) in [5.41, 5.74) is 0. The van der Waals surface area contributed by atoms with Crippen LogP contribution in [0.25, 0.3) is 0 Å². The van der Waals surface area contributed by atoms with Crippen LogP contribution in [0.5, 0.6) is 0 Å². The summed E-state index contributed by atoms with van der Waals surface area (Å²) < 4.78 is 24.8. The molecule has 3 N–H and O–H groups in total. The van der Waals surface area contributed by atoms with Crippen molar-refractivity contribution in [1.29, 1.82) is 0 Å². The van der Waals surface area contributed by atoms with E-state index in [1.165, 1.54) is 6.92 Å². The molecule has 0 bridgehead atoms. The highest BCUT2D eigenvalue weighted by atomic mass is 19.3. The number of hydrogen-bond donors (Lipinski definition) is 3. The smallest absolute Gasteiger partial charge is 0.304 e. The Bertz CT molecular complexity index is 175. The molecule has 0 saturated heterocycles. The second kappa shape index (κ2) is 5.08. The summed E-state index contributed by atoms with van der Waals surface area (Å²) >= 11 is 0. The quantitative estimate of drug-likeness (QED) is 0.563. The Hall–Kier alpha value is -0.750. The fourth-order valence-corrected chi connectivity index (χ4v) is 0.714. The maximum absolute atomic E-state index is 12.4. The van der Waals surface area contributed by atoms with Gasteiger partial charge in [-0.25, -0.2) is 8.78 Å². The van der Waals surface area contributed by atoms with Crippen molar-refractivity contribution in [2.45, 2.75) is 25.3 Å². The van der Waals surface area contributed by atoms with Gasteiger partial charge >= 0.3 is 5.97 Å². The van der Waals surface area contributed by atoms with Crippen molar-refractivity contribution >= 4 is 5.97 Å². The molecule has 0 fully saturated rings. The lowest BCUT2D eigenvalue weighted by Crippen LogP contribution is -2.40. The van der Waals surface area contributed by atoms with Gasteiger partial charge in [0.2, 0.25) is 0 Å². The van der Waals surface area contributed by atoms with Crippen molar-refractivity contribution < 1.29 is 23.8 Å². The van der Waals surface area contributed by atoms with E-state index >= 15 is 0 Å². The monoisotopic (exact) mass is 197 g/mol. The average molecular weight is 197 g/mol. The molecule has 0 saturated carbocycles. The number of alkyl halides is 2. The second-order valence-corrected chi connectivity index (χ2v) is 2.89. The van der Waals surface area contributed by atoms with Crippen molar-refractivity contribution in [2.24, 2.45) is 0 Å². The molecule has 0 heterocycles. The van der Waals surface area contributed by atoms with Crippen LogP contribution in [-0.4, -0.2) is 41.3 Å². The number of rotatable bonds is 6. The Labute approximate surface area is 74.6 Å². The predicted molar refractivity (Wildman–Crippen MR) is 41.8 cm³/mol. The van der Waals surface area contributed by atoms with Crippen LogP contribution in [-0.2, 0) is 4.79 Å². The molecule has 1 atom stereocenters. The molecule has 0 aromatic rings. The van der Waals surface area contributed by atoms with Crippen molar-refractivity contribution in [3.05, 3.63) is 0 Å². The minimum Gasteiger partial charge on any atom is -0.481 e. The number of aliphatic carboxylic acids is 1. The van der Waals surface area contributed by atoms with Gasteiger partial charge in [0, 0.05) is 6.04 Å². The number of halogens is 2. The molecule has 6 heteroatoms. The molecule has 0 radical (unpaired) electrons. The van der Waals surface area contributed by atoms with E-state index in [2.05, 4.69) is 5.32 Å². The van der Waals surface area contributed by atoms with Gasteiger partial charge in [0.25, 0.3) is 5.92 Å². The molecule has 1 unspecified atom stereocenters. The zero-order chi connectivity index (χ0) is 10.5. The van der Waals surface area contributed by atoms with E-state index in [0.717, 1.165) is 0 Å². The van der Waals surface area contributed by atoms with Crippen molar-refractivity contribution in [3.8, 4) is 0 Å². The summed E-state index contributed by atoms with van der Waals surface area (Å²) in [5, 5.41) is 18.8. The highest BCUT2D eigenvalue weighted by Crippen LogP contribution is 2.10. The van der Waals surface area contributed by atoms with Crippen molar-refractivity contribution in [1.82, 2.24) is 5.32 Å². The van der Waals surface area contributed by atoms with Crippen molar-refractivity contribution in [2.75, 3.05) is 13.2 Å². The van der Waals surface area contributed by atoms with E-state index in [4.69, 9.17) is 10.2 Å². The topological polar surface area (TPSA) is 69.6 Å². The van der Waals surface area contributed by atoms with E-state index in [-0.39, 0.29) is 6.42 Å². The van der Waals surface area contributed by atoms with Crippen LogP contribution in [0.3, 0.4) is 0 Å². The third-order valence-corrected chi connectivity index (χ3v) is 1.42. The van der Waals surface area contributed by atoms with Gasteiger partial charge in [-0.2, -0.15) is 0 Å². The molecule has 0 amide bonds. The third-order valence-electron chi connectivity index (χ3n) is 1.42. The predicted octanol–water partition coefficient (Wildman–Crippen LogP) is 0.0668. The van der Waals surface area contributed by atoms with Crippen LogP contribution in [0, 0.1) is 0 Å². The van der Waals surface area contributed by atoms with Gasteiger partial charge in [0.05, 0.1) is 13.0 Å². The van der Waals surface area contributed by atoms with E-state index in [0.29, 0.717) is 0 Å². The first-order valence-corrected chi connectivity index (χ1v) is 3.81. The van der Waals surface area contributed by atoms with Crippen LogP contribution in [0.2, 0.25) is 0 Å². The highest BCUT2D eigenvalue weighted by Gasteiger charge is 2.27. The molecule has 4 nitrogen and oxygen atoms in total. The zero-order valence-electron chi connectivity index (χ0n) is 7.26. The lowest BCUT2D eigenvalue weighted by molar-refractivity contribution is -0.137. The molecule has 0 aliphatic heterocycles. The molecule has 0 aliphatic carbocycles. The number of carbonyl (C=O) groups is 1. The van der Waals surface area contributed by atoms with E-state index in [9.17, 15) is 13.6 Å². The fraction of sp³-hybridized carbons (Fsp3) is 0.857. The number of carboxylic acids is 1. The normalized spacial score (nSPS) is 14.2. The number of aliphatic hydroxyl groups is 1. The highest BCUT2D eigenvalue weighted by molar-refractivity contribution is 5.67. The van der Waals surface area contributed by atoms with Gasteiger partial charge in [-0.3, -0.25) is 4.79 Å². The van der Waals surface area contributed by atoms with Crippen LogP contribution < -0.4 is 5.32 Å². The third kappa shape index (κ3) is 6.41. The standard InChI is InChI=1S/C7H13F2NO3/c1-5(2-6(12)13)10-3-7(8,9)4-11/h5,10-11H,2-4H2,1H3,(H,12,13). The Morgan fingerprint density at radius 3 is 2.54 bits per heavy atom. The van der Waals surface area contributed by atoms with Crippen LogP contribution in [0.15, 0.2) is 0 Å². The summed E-state index contributed by atoms with van der Waals surface area (Å²) in [6.45, 7) is -0.459.